The second kappa shape index (κ2) is 4.93. The van der Waals surface area contributed by atoms with Crippen molar-refractivity contribution in [2.24, 2.45) is 0 Å². The Bertz CT molecular complexity index is 456. The summed E-state index contributed by atoms with van der Waals surface area (Å²) in [6.07, 6.45) is 0.527. The van der Waals surface area contributed by atoms with E-state index in [2.05, 4.69) is 49.9 Å². The summed E-state index contributed by atoms with van der Waals surface area (Å²) in [7, 11) is 0. The van der Waals surface area contributed by atoms with Gasteiger partial charge < -0.3 is 4.90 Å². The van der Waals surface area contributed by atoms with Gasteiger partial charge in [0, 0.05) is 30.1 Å². The van der Waals surface area contributed by atoms with Crippen molar-refractivity contribution in [2.75, 3.05) is 17.3 Å². The van der Waals surface area contributed by atoms with Crippen LogP contribution in [-0.4, -0.2) is 24.2 Å². The molecule has 1 aliphatic heterocycles. The second-order valence-electron chi connectivity index (χ2n) is 5.42. The molecular weight excluding hydrogens is 246 g/mol. The minimum Gasteiger partial charge on any atom is -0.367 e. The number of hydrogen-bond acceptors (Lipinski definition) is 2. The number of fused-ring (bicyclic) bond motifs is 1. The van der Waals surface area contributed by atoms with E-state index in [-0.39, 0.29) is 23.1 Å². The predicted octanol–water partition coefficient (Wildman–Crippen LogP) is 3.37. The van der Waals surface area contributed by atoms with Crippen molar-refractivity contribution in [1.29, 1.82) is 0 Å². The third-order valence-electron chi connectivity index (χ3n) is 4.03. The smallest absolute Gasteiger partial charge is 0.149 e. The zero-order chi connectivity index (χ0) is 13.3. The number of carbonyl (C=O) groups excluding carboxylic acids is 1. The van der Waals surface area contributed by atoms with Gasteiger partial charge in [0.05, 0.1) is 5.88 Å². The highest BCUT2D eigenvalue weighted by Gasteiger charge is 2.44. The first kappa shape index (κ1) is 13.4. The van der Waals surface area contributed by atoms with Gasteiger partial charge in [-0.1, -0.05) is 32.0 Å². The first-order valence-corrected chi connectivity index (χ1v) is 6.99. The molecule has 0 aliphatic carbocycles. The van der Waals surface area contributed by atoms with E-state index >= 15 is 0 Å². The molecular formula is C15H20ClNO. The zero-order valence-corrected chi connectivity index (χ0v) is 12.0. The average Bonchev–Trinajstić information content (AvgIpc) is 2.58. The third kappa shape index (κ3) is 2.03. The molecule has 0 aromatic heterocycles. The van der Waals surface area contributed by atoms with Gasteiger partial charge >= 0.3 is 0 Å². The van der Waals surface area contributed by atoms with Gasteiger partial charge in [0.1, 0.15) is 5.78 Å². The van der Waals surface area contributed by atoms with Crippen molar-refractivity contribution in [3.8, 4) is 0 Å². The van der Waals surface area contributed by atoms with Crippen molar-refractivity contribution in [2.45, 2.75) is 38.6 Å². The number of Topliss-reactive ketones (excluding diaryl/α,β-unsaturated/α-hetero) is 1. The molecule has 1 aliphatic rings. The number of ketones is 1. The highest BCUT2D eigenvalue weighted by molar-refractivity contribution is 6.27. The highest BCUT2D eigenvalue weighted by Crippen LogP contribution is 2.45. The van der Waals surface area contributed by atoms with Crippen LogP contribution in [0.2, 0.25) is 0 Å². The van der Waals surface area contributed by atoms with Gasteiger partial charge in [-0.15, -0.1) is 11.6 Å². The highest BCUT2D eigenvalue weighted by atomic mass is 35.5. The molecule has 1 atom stereocenters. The fourth-order valence-corrected chi connectivity index (χ4v) is 3.14. The number of benzene rings is 1. The maximum absolute atomic E-state index is 11.7. The Morgan fingerprint density at radius 3 is 2.67 bits per heavy atom. The van der Waals surface area contributed by atoms with E-state index in [1.807, 2.05) is 0 Å². The Morgan fingerprint density at radius 2 is 2.06 bits per heavy atom. The Kier molecular flexibility index (Phi) is 3.67. The van der Waals surface area contributed by atoms with Gasteiger partial charge in [0.15, 0.2) is 0 Å². The lowest BCUT2D eigenvalue weighted by Crippen LogP contribution is -2.43. The molecule has 98 valence electrons. The van der Waals surface area contributed by atoms with Crippen LogP contribution in [0.25, 0.3) is 0 Å². The molecule has 2 rings (SSSR count). The first-order valence-electron chi connectivity index (χ1n) is 6.46. The summed E-state index contributed by atoms with van der Waals surface area (Å²) < 4.78 is 0. The molecule has 0 bridgehead atoms. The van der Waals surface area contributed by atoms with Gasteiger partial charge in [-0.05, 0) is 18.6 Å². The summed E-state index contributed by atoms with van der Waals surface area (Å²) in [5.41, 5.74) is 2.59. The summed E-state index contributed by atoms with van der Waals surface area (Å²) >= 11 is 5.66. The number of hydrogen-bond donors (Lipinski definition) is 0. The van der Waals surface area contributed by atoms with Crippen molar-refractivity contribution in [1.82, 2.24) is 0 Å². The minimum absolute atomic E-state index is 0.00563. The number of nitrogens with zero attached hydrogens (tertiary/aromatic N) is 1. The van der Waals surface area contributed by atoms with Crippen LogP contribution in [0.5, 0.6) is 0 Å². The monoisotopic (exact) mass is 265 g/mol. The number of rotatable bonds is 4. The maximum Gasteiger partial charge on any atom is 0.149 e. The summed E-state index contributed by atoms with van der Waals surface area (Å²) in [6, 6.07) is 8.66. The van der Waals surface area contributed by atoms with Crippen LogP contribution in [0, 0.1) is 0 Å². The number of carbonyl (C=O) groups is 1. The van der Waals surface area contributed by atoms with E-state index in [0.717, 1.165) is 6.54 Å². The SMILES string of the molecule is CCN1c2ccccc2C(C)(C)C1CC(=O)CCl. The third-order valence-corrected chi connectivity index (χ3v) is 4.33. The lowest BCUT2D eigenvalue weighted by molar-refractivity contribution is -0.117. The maximum atomic E-state index is 11.7. The van der Waals surface area contributed by atoms with Gasteiger partial charge in [0.25, 0.3) is 0 Å². The van der Waals surface area contributed by atoms with Crippen LogP contribution in [0.15, 0.2) is 24.3 Å². The molecule has 0 saturated heterocycles. The number of para-hydroxylation sites is 1. The van der Waals surface area contributed by atoms with Crippen LogP contribution >= 0.6 is 11.6 Å². The Balaban J connectivity index is 2.40. The number of halogens is 1. The summed E-state index contributed by atoms with van der Waals surface area (Å²) in [4.78, 5) is 14.0. The molecule has 1 unspecified atom stereocenters. The van der Waals surface area contributed by atoms with E-state index in [9.17, 15) is 4.79 Å². The molecule has 18 heavy (non-hydrogen) atoms. The van der Waals surface area contributed by atoms with Gasteiger partial charge in [-0.3, -0.25) is 4.79 Å². The fraction of sp³-hybridized carbons (Fsp3) is 0.533. The van der Waals surface area contributed by atoms with E-state index < -0.39 is 0 Å². The van der Waals surface area contributed by atoms with E-state index in [1.165, 1.54) is 11.3 Å². The van der Waals surface area contributed by atoms with Crippen molar-refractivity contribution in [3.05, 3.63) is 29.8 Å². The summed E-state index contributed by atoms with van der Waals surface area (Å²) in [5.74, 6) is 0.238. The van der Waals surface area contributed by atoms with Crippen molar-refractivity contribution < 1.29 is 4.79 Å². The molecule has 0 radical (unpaired) electrons. The molecule has 0 spiro atoms. The molecule has 1 aromatic rings. The van der Waals surface area contributed by atoms with Crippen molar-refractivity contribution in [3.63, 3.8) is 0 Å². The first-order chi connectivity index (χ1) is 8.52. The standard InChI is InChI=1S/C15H20ClNO/c1-4-17-13-8-6-5-7-12(13)15(2,3)14(17)9-11(18)10-16/h5-8,14H,4,9-10H2,1-3H3. The second-order valence-corrected chi connectivity index (χ2v) is 5.68. The van der Waals surface area contributed by atoms with Crippen LogP contribution in [0.1, 0.15) is 32.8 Å². The van der Waals surface area contributed by atoms with Crippen LogP contribution in [0.3, 0.4) is 0 Å². The topological polar surface area (TPSA) is 20.3 Å². The average molecular weight is 266 g/mol. The Labute approximate surface area is 114 Å². The van der Waals surface area contributed by atoms with Crippen molar-refractivity contribution >= 4 is 23.1 Å². The van der Waals surface area contributed by atoms with Gasteiger partial charge in [0.2, 0.25) is 0 Å². The van der Waals surface area contributed by atoms with Gasteiger partial charge in [-0.25, -0.2) is 0 Å². The largest absolute Gasteiger partial charge is 0.367 e. The lowest BCUT2D eigenvalue weighted by Gasteiger charge is -2.33. The summed E-state index contributed by atoms with van der Waals surface area (Å²) in [5, 5.41) is 0. The molecule has 1 heterocycles. The predicted molar refractivity (Wildman–Crippen MR) is 76.6 cm³/mol. The zero-order valence-electron chi connectivity index (χ0n) is 11.2. The van der Waals surface area contributed by atoms with Crippen LogP contribution < -0.4 is 4.90 Å². The Hall–Kier alpha value is -1.02. The molecule has 3 heteroatoms. The molecule has 0 amide bonds. The molecule has 0 N–H and O–H groups in total. The van der Waals surface area contributed by atoms with Crippen LogP contribution in [-0.2, 0) is 10.2 Å². The Morgan fingerprint density at radius 1 is 1.39 bits per heavy atom. The van der Waals surface area contributed by atoms with Crippen LogP contribution in [0.4, 0.5) is 5.69 Å². The molecule has 0 saturated carbocycles. The van der Waals surface area contributed by atoms with Gasteiger partial charge in [-0.2, -0.15) is 0 Å². The lowest BCUT2D eigenvalue weighted by atomic mass is 9.78. The fourth-order valence-electron chi connectivity index (χ4n) is 3.03. The molecule has 0 fully saturated rings. The number of anilines is 1. The molecule has 2 nitrogen and oxygen atoms in total. The number of alkyl halides is 1. The normalized spacial score (nSPS) is 20.9. The van der Waals surface area contributed by atoms with E-state index in [1.54, 1.807) is 0 Å². The summed E-state index contributed by atoms with van der Waals surface area (Å²) in [6.45, 7) is 7.48. The number of likely N-dealkylation sites (N-methyl/N-ethyl adjacent to an activating group) is 1. The quantitative estimate of drug-likeness (QED) is 0.778. The van der Waals surface area contributed by atoms with E-state index in [4.69, 9.17) is 11.6 Å². The van der Waals surface area contributed by atoms with E-state index in [0.29, 0.717) is 6.42 Å². The molecule has 1 aromatic carbocycles. The minimum atomic E-state index is -0.00563.